The molecule has 0 saturated carbocycles. The fourth-order valence-corrected chi connectivity index (χ4v) is 4.28. The third-order valence-electron chi connectivity index (χ3n) is 5.97. The normalized spacial score (nSPS) is 23.2. The highest BCUT2D eigenvalue weighted by molar-refractivity contribution is 5.27. The Kier molecular flexibility index (Phi) is 7.97. The molecule has 0 bridgehead atoms. The van der Waals surface area contributed by atoms with Crippen LogP contribution < -0.4 is 14.8 Å². The molecule has 2 heterocycles. The summed E-state index contributed by atoms with van der Waals surface area (Å²) in [6, 6.07) is 14.9. The lowest BCUT2D eigenvalue weighted by molar-refractivity contribution is 0.0732. The maximum atomic E-state index is 13.4. The summed E-state index contributed by atoms with van der Waals surface area (Å²) in [5, 5.41) is 14.0. The van der Waals surface area contributed by atoms with Crippen LogP contribution in [-0.4, -0.2) is 67.2 Å². The molecule has 2 aliphatic heterocycles. The number of halogens is 1. The van der Waals surface area contributed by atoms with Crippen LogP contribution in [0.4, 0.5) is 4.39 Å². The standard InChI is InChI=1S/C25H33FN2O4/c1-18(27-21-9-11-30-12-10-21)17-31-22-7-5-19(6-8-22)14-28-15-24(29)25(16-28)32-23-4-2-3-20(26)13-23/h2-8,13,18,21,24-25,27,29H,9-12,14-17H2,1H3/t18-,24-,25-/m0/s1. The average Bonchev–Trinajstić information content (AvgIpc) is 3.12. The monoisotopic (exact) mass is 444 g/mol. The van der Waals surface area contributed by atoms with E-state index in [1.54, 1.807) is 12.1 Å². The molecule has 2 N–H and O–H groups in total. The van der Waals surface area contributed by atoms with Crippen LogP contribution in [0.2, 0.25) is 0 Å². The predicted molar refractivity (Wildman–Crippen MR) is 120 cm³/mol. The molecule has 3 atom stereocenters. The quantitative estimate of drug-likeness (QED) is 0.620. The molecule has 2 saturated heterocycles. The zero-order chi connectivity index (χ0) is 22.3. The Labute approximate surface area is 189 Å². The molecule has 0 aliphatic carbocycles. The van der Waals surface area contributed by atoms with Gasteiger partial charge < -0.3 is 24.6 Å². The molecule has 0 radical (unpaired) electrons. The van der Waals surface area contributed by atoms with Gasteiger partial charge in [-0.1, -0.05) is 18.2 Å². The fourth-order valence-electron chi connectivity index (χ4n) is 4.28. The maximum absolute atomic E-state index is 13.4. The minimum atomic E-state index is -0.606. The molecule has 174 valence electrons. The number of likely N-dealkylation sites (tertiary alicyclic amines) is 1. The molecule has 4 rings (SSSR count). The highest BCUT2D eigenvalue weighted by Gasteiger charge is 2.33. The van der Waals surface area contributed by atoms with Crippen LogP contribution in [0.25, 0.3) is 0 Å². The van der Waals surface area contributed by atoms with Crippen LogP contribution in [0.3, 0.4) is 0 Å². The number of rotatable bonds is 9. The third kappa shape index (κ3) is 6.65. The summed E-state index contributed by atoms with van der Waals surface area (Å²) in [4.78, 5) is 2.14. The van der Waals surface area contributed by atoms with Crippen molar-refractivity contribution >= 4 is 0 Å². The van der Waals surface area contributed by atoms with E-state index in [4.69, 9.17) is 14.2 Å². The first-order valence-corrected chi connectivity index (χ1v) is 11.4. The number of hydrogen-bond acceptors (Lipinski definition) is 6. The molecule has 0 unspecified atom stereocenters. The number of ether oxygens (including phenoxy) is 3. The van der Waals surface area contributed by atoms with Gasteiger partial charge in [-0.15, -0.1) is 0 Å². The van der Waals surface area contributed by atoms with E-state index < -0.39 is 6.10 Å². The third-order valence-corrected chi connectivity index (χ3v) is 5.97. The first-order chi connectivity index (χ1) is 15.5. The van der Waals surface area contributed by atoms with Gasteiger partial charge in [-0.05, 0) is 49.6 Å². The summed E-state index contributed by atoms with van der Waals surface area (Å²) < 4.78 is 30.5. The summed E-state index contributed by atoms with van der Waals surface area (Å²) in [6.07, 6.45) is 1.13. The molecule has 0 amide bonds. The molecule has 6 nitrogen and oxygen atoms in total. The lowest BCUT2D eigenvalue weighted by atomic mass is 10.1. The van der Waals surface area contributed by atoms with E-state index in [-0.39, 0.29) is 18.0 Å². The van der Waals surface area contributed by atoms with Crippen LogP contribution >= 0.6 is 0 Å². The van der Waals surface area contributed by atoms with Crippen molar-refractivity contribution in [1.82, 2.24) is 10.2 Å². The van der Waals surface area contributed by atoms with Crippen LogP contribution in [0.5, 0.6) is 11.5 Å². The van der Waals surface area contributed by atoms with E-state index in [1.165, 1.54) is 12.1 Å². The Morgan fingerprint density at radius 3 is 2.66 bits per heavy atom. The number of nitrogens with zero attached hydrogens (tertiary/aromatic N) is 1. The van der Waals surface area contributed by atoms with Gasteiger partial charge in [-0.3, -0.25) is 4.90 Å². The second-order valence-electron chi connectivity index (χ2n) is 8.78. The van der Waals surface area contributed by atoms with Crippen LogP contribution in [0, 0.1) is 5.82 Å². The summed E-state index contributed by atoms with van der Waals surface area (Å²) in [6.45, 7) is 6.25. The molecule has 7 heteroatoms. The van der Waals surface area contributed by atoms with Crippen molar-refractivity contribution in [3.05, 3.63) is 59.9 Å². The summed E-state index contributed by atoms with van der Waals surface area (Å²) in [7, 11) is 0. The highest BCUT2D eigenvalue weighted by atomic mass is 19.1. The van der Waals surface area contributed by atoms with Gasteiger partial charge in [0.25, 0.3) is 0 Å². The van der Waals surface area contributed by atoms with Crippen molar-refractivity contribution in [3.63, 3.8) is 0 Å². The van der Waals surface area contributed by atoms with Gasteiger partial charge in [-0.25, -0.2) is 4.39 Å². The van der Waals surface area contributed by atoms with Crippen LogP contribution in [-0.2, 0) is 11.3 Å². The smallest absolute Gasteiger partial charge is 0.138 e. The van der Waals surface area contributed by atoms with Gasteiger partial charge in [0.2, 0.25) is 0 Å². The molecule has 2 aromatic rings. The second-order valence-corrected chi connectivity index (χ2v) is 8.78. The van der Waals surface area contributed by atoms with Crippen LogP contribution in [0.15, 0.2) is 48.5 Å². The zero-order valence-corrected chi connectivity index (χ0v) is 18.6. The lowest BCUT2D eigenvalue weighted by Crippen LogP contribution is -2.42. The van der Waals surface area contributed by atoms with E-state index in [0.29, 0.717) is 38.0 Å². The van der Waals surface area contributed by atoms with Crippen molar-refractivity contribution in [2.75, 3.05) is 32.9 Å². The van der Waals surface area contributed by atoms with Crippen molar-refractivity contribution in [2.45, 2.75) is 50.6 Å². The Bertz CT molecular complexity index is 844. The van der Waals surface area contributed by atoms with E-state index in [1.807, 2.05) is 12.1 Å². The summed E-state index contributed by atoms with van der Waals surface area (Å²) >= 11 is 0. The Morgan fingerprint density at radius 1 is 1.12 bits per heavy atom. The fraction of sp³-hybridized carbons (Fsp3) is 0.520. The Morgan fingerprint density at radius 2 is 1.91 bits per heavy atom. The van der Waals surface area contributed by atoms with Gasteiger partial charge in [0.05, 0.1) is 0 Å². The number of benzene rings is 2. The molecule has 0 aromatic heterocycles. The van der Waals surface area contributed by atoms with Gasteiger partial charge in [0.15, 0.2) is 0 Å². The highest BCUT2D eigenvalue weighted by Crippen LogP contribution is 2.22. The summed E-state index contributed by atoms with van der Waals surface area (Å²) in [5.41, 5.74) is 1.14. The van der Waals surface area contributed by atoms with Crippen LogP contribution in [0.1, 0.15) is 25.3 Å². The van der Waals surface area contributed by atoms with E-state index in [9.17, 15) is 9.50 Å². The molecule has 2 aromatic carbocycles. The lowest BCUT2D eigenvalue weighted by Gasteiger charge is -2.26. The Hall–Kier alpha value is -2.19. The van der Waals surface area contributed by atoms with Crippen molar-refractivity contribution in [3.8, 4) is 11.5 Å². The number of aliphatic hydroxyl groups is 1. The number of β-amino-alcohol motifs (C(OH)–C–C–N with tert-alkyl or cyclic N) is 1. The molecule has 32 heavy (non-hydrogen) atoms. The van der Waals surface area contributed by atoms with Gasteiger partial charge in [-0.2, -0.15) is 0 Å². The van der Waals surface area contributed by atoms with E-state index >= 15 is 0 Å². The van der Waals surface area contributed by atoms with Gasteiger partial charge in [0.1, 0.15) is 36.1 Å². The van der Waals surface area contributed by atoms with Crippen molar-refractivity contribution in [2.24, 2.45) is 0 Å². The SMILES string of the molecule is C[C@@H](COc1ccc(CN2C[C@H](Oc3cccc(F)c3)[C@@H](O)C2)cc1)NC1CCOCC1. The van der Waals surface area contributed by atoms with Crippen molar-refractivity contribution in [1.29, 1.82) is 0 Å². The Balaban J connectivity index is 1.21. The first-order valence-electron chi connectivity index (χ1n) is 11.4. The van der Waals surface area contributed by atoms with Crippen molar-refractivity contribution < 1.29 is 23.7 Å². The largest absolute Gasteiger partial charge is 0.492 e. The minimum Gasteiger partial charge on any atom is -0.492 e. The maximum Gasteiger partial charge on any atom is 0.138 e. The van der Waals surface area contributed by atoms with E-state index in [0.717, 1.165) is 37.4 Å². The van der Waals surface area contributed by atoms with Gasteiger partial charge >= 0.3 is 0 Å². The minimum absolute atomic E-state index is 0.277. The molecular weight excluding hydrogens is 411 g/mol. The predicted octanol–water partition coefficient (Wildman–Crippen LogP) is 2.99. The van der Waals surface area contributed by atoms with E-state index in [2.05, 4.69) is 29.3 Å². The zero-order valence-electron chi connectivity index (χ0n) is 18.6. The molecule has 2 fully saturated rings. The average molecular weight is 445 g/mol. The summed E-state index contributed by atoms with van der Waals surface area (Å²) in [5.74, 6) is 0.948. The molecular formula is C25H33FN2O4. The number of nitrogens with one attached hydrogen (secondary N) is 1. The topological polar surface area (TPSA) is 63.2 Å². The number of hydrogen-bond donors (Lipinski definition) is 2. The molecule has 2 aliphatic rings. The number of aliphatic hydroxyl groups excluding tert-OH is 1. The second kappa shape index (κ2) is 11.1. The molecule has 0 spiro atoms. The first kappa shape index (κ1) is 23.0. The van der Waals surface area contributed by atoms with Gasteiger partial charge in [0, 0.05) is 51.0 Å².